The molecule has 1 heterocycles. The first-order valence-corrected chi connectivity index (χ1v) is 25.1. The fourth-order valence-electron chi connectivity index (χ4n) is 9.40. The summed E-state index contributed by atoms with van der Waals surface area (Å²) in [6.07, 6.45) is 0. The van der Waals surface area contributed by atoms with Crippen molar-refractivity contribution in [3.8, 4) is 21.1 Å². The Hall–Kier alpha value is -6.25. The lowest BCUT2D eigenvalue weighted by Gasteiger charge is -2.36. The van der Waals surface area contributed by atoms with Gasteiger partial charge in [-0.25, -0.2) is 0 Å². The van der Waals surface area contributed by atoms with E-state index in [1.54, 1.807) is 11.3 Å². The first-order valence-electron chi connectivity index (χ1n) is 20.3. The van der Waals surface area contributed by atoms with Crippen molar-refractivity contribution in [1.29, 1.82) is 0 Å². The highest BCUT2D eigenvalue weighted by Crippen LogP contribution is 2.34. The molecule has 9 aromatic rings. The lowest BCUT2D eigenvalue weighted by Crippen LogP contribution is -2.75. The van der Waals surface area contributed by atoms with E-state index in [0.717, 1.165) is 21.1 Å². The molecular formula is C54H46N2SSi2. The van der Waals surface area contributed by atoms with Crippen molar-refractivity contribution >= 4 is 69.0 Å². The van der Waals surface area contributed by atoms with Crippen LogP contribution in [0.4, 0.5) is 0 Å². The first-order chi connectivity index (χ1) is 28.9. The van der Waals surface area contributed by atoms with Crippen molar-refractivity contribution in [2.24, 2.45) is 0 Å². The van der Waals surface area contributed by atoms with E-state index >= 15 is 0 Å². The highest BCUT2D eigenvalue weighted by atomic mass is 32.1. The molecule has 0 aliphatic carbocycles. The maximum atomic E-state index is 4.90. The molecule has 0 aliphatic heterocycles. The van der Waals surface area contributed by atoms with Gasteiger partial charge in [-0.15, -0.1) is 10.2 Å². The fourth-order valence-corrected chi connectivity index (χ4v) is 20.6. The van der Waals surface area contributed by atoms with Crippen molar-refractivity contribution < 1.29 is 0 Å². The maximum absolute atomic E-state index is 4.90. The van der Waals surface area contributed by atoms with Crippen LogP contribution in [0.5, 0.6) is 0 Å². The smallest absolute Gasteiger partial charge is 0.138 e. The summed E-state index contributed by atoms with van der Waals surface area (Å²) in [6.45, 7) is 9.05. The van der Waals surface area contributed by atoms with Gasteiger partial charge in [-0.05, 0) is 92.4 Å². The van der Waals surface area contributed by atoms with Crippen LogP contribution in [0.2, 0.25) is 0 Å². The number of hydrogen-bond acceptors (Lipinski definition) is 3. The molecule has 9 rings (SSSR count). The van der Waals surface area contributed by atoms with Gasteiger partial charge >= 0.3 is 0 Å². The zero-order valence-corrected chi connectivity index (χ0v) is 36.7. The summed E-state index contributed by atoms with van der Waals surface area (Å²) in [5.41, 5.74) is 7.24. The predicted octanol–water partition coefficient (Wildman–Crippen LogP) is 7.86. The van der Waals surface area contributed by atoms with Gasteiger partial charge in [0.1, 0.15) is 10.0 Å². The molecule has 1 aromatic heterocycles. The third kappa shape index (κ3) is 6.65. The van der Waals surface area contributed by atoms with Crippen molar-refractivity contribution in [1.82, 2.24) is 10.2 Å². The summed E-state index contributed by atoms with van der Waals surface area (Å²) in [4.78, 5) is 0. The summed E-state index contributed by atoms with van der Waals surface area (Å²) < 4.78 is 0. The lowest BCUT2D eigenvalue weighted by molar-refractivity contribution is 1.09. The quantitative estimate of drug-likeness (QED) is 0.104. The standard InChI is InChI=1S/C54H46N2SSi2/c1-39-37-51(58(43-23-11-5-12-24-43,44-25-13-6-14-26-44)45-27-15-7-16-28-45)41(3)35-49(39)53-55-56-54(57-53)50-36-42(4)52(38-40(50)2)59(46-29-17-8-18-30-46,47-31-19-9-20-32-47)48-33-21-10-22-34-48/h5-38H,1-4H3. The van der Waals surface area contributed by atoms with Crippen LogP contribution in [-0.2, 0) is 0 Å². The van der Waals surface area contributed by atoms with E-state index < -0.39 is 16.1 Å². The Bertz CT molecular complexity index is 2460. The molecule has 59 heavy (non-hydrogen) atoms. The minimum absolute atomic E-state index is 0.946. The van der Waals surface area contributed by atoms with Gasteiger partial charge in [-0.3, -0.25) is 0 Å². The molecule has 0 spiro atoms. The normalized spacial score (nSPS) is 11.7. The van der Waals surface area contributed by atoms with Gasteiger partial charge in [-0.1, -0.05) is 217 Å². The average molecular weight is 811 g/mol. The summed E-state index contributed by atoms with van der Waals surface area (Å²) in [7, 11) is -5.37. The summed E-state index contributed by atoms with van der Waals surface area (Å²) in [6, 6.07) is 76.5. The third-order valence-corrected chi connectivity index (χ3v) is 23.0. The molecule has 0 bridgehead atoms. The Labute approximate surface area is 354 Å². The van der Waals surface area contributed by atoms with E-state index in [4.69, 9.17) is 10.2 Å². The van der Waals surface area contributed by atoms with Crippen molar-refractivity contribution in [3.63, 3.8) is 0 Å². The monoisotopic (exact) mass is 810 g/mol. The number of aromatic nitrogens is 2. The van der Waals surface area contributed by atoms with Gasteiger partial charge in [0.25, 0.3) is 0 Å². The Morgan fingerprint density at radius 2 is 0.542 bits per heavy atom. The minimum atomic E-state index is -2.69. The SMILES string of the molecule is Cc1cc([Si](c2ccccc2)(c2ccccc2)c2ccccc2)c(C)cc1-c1nnc(-c2cc(C)c([Si](c3ccccc3)(c3ccccc3)c3ccccc3)cc2C)s1. The Morgan fingerprint density at radius 1 is 0.305 bits per heavy atom. The summed E-state index contributed by atoms with van der Waals surface area (Å²) in [5.74, 6) is 0. The van der Waals surface area contributed by atoms with E-state index in [1.807, 2.05) is 0 Å². The molecule has 0 N–H and O–H groups in total. The highest BCUT2D eigenvalue weighted by molar-refractivity contribution is 7.21. The van der Waals surface area contributed by atoms with E-state index in [-0.39, 0.29) is 0 Å². The lowest BCUT2D eigenvalue weighted by atomic mass is 10.1. The fraction of sp³-hybridized carbons (Fsp3) is 0.0741. The predicted molar refractivity (Wildman–Crippen MR) is 257 cm³/mol. The van der Waals surface area contributed by atoms with E-state index in [9.17, 15) is 0 Å². The van der Waals surface area contributed by atoms with E-state index in [2.05, 4.69) is 234 Å². The maximum Gasteiger partial charge on any atom is 0.179 e. The molecule has 2 nitrogen and oxygen atoms in total. The van der Waals surface area contributed by atoms with Crippen molar-refractivity contribution in [2.45, 2.75) is 27.7 Å². The second-order valence-corrected chi connectivity index (χ2v) is 24.1. The molecule has 5 heteroatoms. The number of aryl methyl sites for hydroxylation is 4. The zero-order chi connectivity index (χ0) is 40.4. The number of rotatable bonds is 10. The summed E-state index contributed by atoms with van der Waals surface area (Å²) >= 11 is 1.69. The minimum Gasteiger partial charge on any atom is -0.138 e. The van der Waals surface area contributed by atoms with Gasteiger partial charge in [0.15, 0.2) is 16.1 Å². The van der Waals surface area contributed by atoms with Gasteiger partial charge in [0.05, 0.1) is 0 Å². The van der Waals surface area contributed by atoms with Crippen LogP contribution in [0.15, 0.2) is 206 Å². The molecule has 0 unspecified atom stereocenters. The number of hydrogen-bond donors (Lipinski definition) is 0. The van der Waals surface area contributed by atoms with Crippen molar-refractivity contribution in [2.75, 3.05) is 0 Å². The van der Waals surface area contributed by atoms with Crippen LogP contribution in [0.1, 0.15) is 22.3 Å². The average Bonchev–Trinajstić information content (AvgIpc) is 3.78. The van der Waals surface area contributed by atoms with E-state index in [1.165, 1.54) is 63.7 Å². The van der Waals surface area contributed by atoms with Crippen molar-refractivity contribution in [3.05, 3.63) is 229 Å². The molecule has 286 valence electrons. The zero-order valence-electron chi connectivity index (χ0n) is 33.9. The Kier molecular flexibility index (Phi) is 10.5. The van der Waals surface area contributed by atoms with Crippen LogP contribution in [0.3, 0.4) is 0 Å². The Morgan fingerprint density at radius 3 is 0.780 bits per heavy atom. The molecule has 0 radical (unpaired) electrons. The molecule has 0 saturated heterocycles. The molecule has 0 saturated carbocycles. The molecule has 0 atom stereocenters. The second kappa shape index (κ2) is 16.2. The van der Waals surface area contributed by atoms with Crippen LogP contribution in [-0.4, -0.2) is 26.3 Å². The number of nitrogens with zero attached hydrogens (tertiary/aromatic N) is 2. The third-order valence-electron chi connectivity index (χ3n) is 12.1. The van der Waals surface area contributed by atoms with Gasteiger partial charge in [-0.2, -0.15) is 0 Å². The van der Waals surface area contributed by atoms with E-state index in [0.29, 0.717) is 0 Å². The molecule has 0 amide bonds. The van der Waals surface area contributed by atoms with Gasteiger partial charge in [0, 0.05) is 11.1 Å². The van der Waals surface area contributed by atoms with Crippen LogP contribution >= 0.6 is 11.3 Å². The van der Waals surface area contributed by atoms with Crippen LogP contribution < -0.4 is 41.5 Å². The summed E-state index contributed by atoms with van der Waals surface area (Å²) in [5, 5.41) is 22.7. The van der Waals surface area contributed by atoms with Gasteiger partial charge < -0.3 is 0 Å². The van der Waals surface area contributed by atoms with Crippen LogP contribution in [0.25, 0.3) is 21.1 Å². The van der Waals surface area contributed by atoms with Crippen LogP contribution in [0, 0.1) is 27.7 Å². The second-order valence-electron chi connectivity index (χ2n) is 15.6. The first kappa shape index (κ1) is 38.3. The number of benzene rings is 8. The molecular weight excluding hydrogens is 765 g/mol. The molecule has 8 aromatic carbocycles. The van der Waals surface area contributed by atoms with Gasteiger partial charge in [0.2, 0.25) is 0 Å². The highest BCUT2D eigenvalue weighted by Gasteiger charge is 2.44. The molecule has 0 aliphatic rings. The Balaban J connectivity index is 1.17. The topological polar surface area (TPSA) is 25.8 Å². The largest absolute Gasteiger partial charge is 0.179 e. The molecule has 0 fully saturated rings.